The van der Waals surface area contributed by atoms with Crippen molar-refractivity contribution >= 4 is 27.5 Å². The average molecular weight is 432 g/mol. The third kappa shape index (κ3) is 4.98. The number of nitrogens with two attached hydrogens (primary N) is 1. The van der Waals surface area contributed by atoms with E-state index >= 15 is 0 Å². The van der Waals surface area contributed by atoms with E-state index in [1.807, 2.05) is 6.92 Å². The molecule has 0 unspecified atom stereocenters. The van der Waals surface area contributed by atoms with Crippen molar-refractivity contribution < 1.29 is 22.7 Å². The van der Waals surface area contributed by atoms with Crippen LogP contribution in [0.15, 0.2) is 53.4 Å². The molecule has 2 aromatic rings. The summed E-state index contributed by atoms with van der Waals surface area (Å²) >= 11 is 0. The number of nitrogens with one attached hydrogen (secondary N) is 1. The van der Waals surface area contributed by atoms with Gasteiger partial charge in [-0.2, -0.15) is 4.31 Å². The Morgan fingerprint density at radius 2 is 1.80 bits per heavy atom. The number of sulfonamides is 1. The molecule has 0 bridgehead atoms. The summed E-state index contributed by atoms with van der Waals surface area (Å²) in [5, 5.41) is 2.78. The summed E-state index contributed by atoms with van der Waals surface area (Å²) in [6, 6.07) is 12.5. The molecule has 1 aliphatic heterocycles. The predicted molar refractivity (Wildman–Crippen MR) is 113 cm³/mol. The summed E-state index contributed by atoms with van der Waals surface area (Å²) in [6.45, 7) is 2.84. The van der Waals surface area contributed by atoms with Crippen LogP contribution in [-0.2, 0) is 14.8 Å². The molecular weight excluding hydrogens is 406 g/mol. The molecule has 0 aliphatic carbocycles. The summed E-state index contributed by atoms with van der Waals surface area (Å²) in [5.41, 5.74) is 6.08. The minimum atomic E-state index is -3.70. The van der Waals surface area contributed by atoms with Gasteiger partial charge in [0.25, 0.3) is 0 Å². The highest BCUT2D eigenvalue weighted by molar-refractivity contribution is 7.89. The summed E-state index contributed by atoms with van der Waals surface area (Å²) in [4.78, 5) is 24.0. The number of ether oxygens (including phenoxy) is 1. The van der Waals surface area contributed by atoms with Crippen molar-refractivity contribution in [3.63, 3.8) is 0 Å². The molecule has 2 aromatic carbocycles. The van der Waals surface area contributed by atoms with Gasteiger partial charge in [0, 0.05) is 24.3 Å². The van der Waals surface area contributed by atoms with Gasteiger partial charge in [-0.25, -0.2) is 8.42 Å². The number of hydrogen-bond donors (Lipinski definition) is 2. The summed E-state index contributed by atoms with van der Waals surface area (Å²) in [5.74, 6) is -0.662. The number of hydrogen-bond acceptors (Lipinski definition) is 5. The van der Waals surface area contributed by atoms with Crippen LogP contribution in [0.4, 0.5) is 5.69 Å². The molecule has 2 amide bonds. The van der Waals surface area contributed by atoms with E-state index in [1.54, 1.807) is 24.3 Å². The molecule has 1 fully saturated rings. The summed E-state index contributed by atoms with van der Waals surface area (Å²) in [6.07, 6.45) is 1.19. The van der Waals surface area contributed by atoms with Gasteiger partial charge in [0.05, 0.1) is 17.4 Å². The molecule has 0 aromatic heterocycles. The second-order valence-corrected chi connectivity index (χ2v) is 8.98. The maximum atomic E-state index is 13.0. The number of carbonyl (C=O) groups excluding carboxylic acids is 2. The molecule has 0 radical (unpaired) electrons. The Balaban J connectivity index is 1.67. The third-order valence-electron chi connectivity index (χ3n) is 4.96. The van der Waals surface area contributed by atoms with E-state index in [0.717, 1.165) is 0 Å². The second-order valence-electron chi connectivity index (χ2n) is 7.04. The van der Waals surface area contributed by atoms with Crippen LogP contribution in [-0.4, -0.2) is 44.2 Å². The molecule has 8 nitrogen and oxygen atoms in total. The topological polar surface area (TPSA) is 119 Å². The fourth-order valence-electron chi connectivity index (χ4n) is 3.36. The highest BCUT2D eigenvalue weighted by atomic mass is 32.2. The van der Waals surface area contributed by atoms with Crippen molar-refractivity contribution in [2.45, 2.75) is 24.7 Å². The van der Waals surface area contributed by atoms with Crippen LogP contribution < -0.4 is 15.8 Å². The highest BCUT2D eigenvalue weighted by Gasteiger charge is 2.33. The molecule has 1 saturated heterocycles. The van der Waals surface area contributed by atoms with Crippen LogP contribution in [0.1, 0.15) is 30.1 Å². The van der Waals surface area contributed by atoms with E-state index in [1.165, 1.54) is 28.6 Å². The number of primary amides is 1. The number of benzene rings is 2. The van der Waals surface area contributed by atoms with Crippen LogP contribution in [0.2, 0.25) is 0 Å². The highest BCUT2D eigenvalue weighted by Crippen LogP contribution is 2.26. The Hall–Kier alpha value is -2.91. The Morgan fingerprint density at radius 3 is 2.40 bits per heavy atom. The largest absolute Gasteiger partial charge is 0.494 e. The van der Waals surface area contributed by atoms with Crippen molar-refractivity contribution in [3.8, 4) is 5.75 Å². The van der Waals surface area contributed by atoms with E-state index < -0.39 is 21.8 Å². The molecule has 30 heavy (non-hydrogen) atoms. The molecule has 1 heterocycles. The Labute approximate surface area is 176 Å². The summed E-state index contributed by atoms with van der Waals surface area (Å²) in [7, 11) is -3.70. The van der Waals surface area contributed by atoms with E-state index in [-0.39, 0.29) is 17.3 Å². The van der Waals surface area contributed by atoms with Crippen molar-refractivity contribution in [3.05, 3.63) is 54.1 Å². The molecule has 1 aliphatic rings. The minimum absolute atomic E-state index is 0.112. The fourth-order valence-corrected chi connectivity index (χ4v) is 4.88. The molecule has 3 rings (SSSR count). The number of amides is 2. The first-order valence-corrected chi connectivity index (χ1v) is 11.2. The number of piperidine rings is 1. The quantitative estimate of drug-likeness (QED) is 0.697. The maximum absolute atomic E-state index is 13.0. The van der Waals surface area contributed by atoms with Gasteiger partial charge in [0.1, 0.15) is 5.75 Å². The van der Waals surface area contributed by atoms with Crippen molar-refractivity contribution in [2.75, 3.05) is 25.0 Å². The normalized spacial score (nSPS) is 17.3. The lowest BCUT2D eigenvalue weighted by Crippen LogP contribution is -2.43. The van der Waals surface area contributed by atoms with Gasteiger partial charge in [-0.05, 0) is 68.3 Å². The standard InChI is InChI=1S/C21H25N3O5S/c1-2-29-18-9-11-19(12-10-18)30(27,28)24-13-3-4-16(14-24)21(26)23-17-7-5-15(6-8-17)20(22)25/h5-12,16H,2-4,13-14H2,1H3,(H2,22,25)(H,23,26)/t16-/m0/s1. The lowest BCUT2D eigenvalue weighted by molar-refractivity contribution is -0.120. The van der Waals surface area contributed by atoms with Crippen molar-refractivity contribution in [1.82, 2.24) is 4.31 Å². The van der Waals surface area contributed by atoms with Gasteiger partial charge >= 0.3 is 0 Å². The van der Waals surface area contributed by atoms with Gasteiger partial charge in [-0.1, -0.05) is 0 Å². The van der Waals surface area contributed by atoms with E-state index in [0.29, 0.717) is 43.0 Å². The second kappa shape index (κ2) is 9.27. The first-order valence-electron chi connectivity index (χ1n) is 9.75. The van der Waals surface area contributed by atoms with Crippen LogP contribution in [0.5, 0.6) is 5.75 Å². The first kappa shape index (κ1) is 21.8. The molecular formula is C21H25N3O5S. The van der Waals surface area contributed by atoms with E-state index in [2.05, 4.69) is 5.32 Å². The Bertz CT molecular complexity index is 1000. The van der Waals surface area contributed by atoms with E-state index in [9.17, 15) is 18.0 Å². The van der Waals surface area contributed by atoms with E-state index in [4.69, 9.17) is 10.5 Å². The molecule has 3 N–H and O–H groups in total. The zero-order chi connectivity index (χ0) is 21.7. The number of carbonyl (C=O) groups is 2. The number of nitrogens with zero attached hydrogens (tertiary/aromatic N) is 1. The van der Waals surface area contributed by atoms with Gasteiger partial charge in [0.2, 0.25) is 21.8 Å². The SMILES string of the molecule is CCOc1ccc(S(=O)(=O)N2CCC[C@H](C(=O)Nc3ccc(C(N)=O)cc3)C2)cc1. The monoisotopic (exact) mass is 431 g/mol. The van der Waals surface area contributed by atoms with Crippen LogP contribution >= 0.6 is 0 Å². The number of rotatable bonds is 7. The van der Waals surface area contributed by atoms with Gasteiger partial charge in [0.15, 0.2) is 0 Å². The van der Waals surface area contributed by atoms with Gasteiger partial charge < -0.3 is 15.8 Å². The van der Waals surface area contributed by atoms with Gasteiger partial charge in [-0.3, -0.25) is 9.59 Å². The molecule has 1 atom stereocenters. The molecule has 0 saturated carbocycles. The zero-order valence-electron chi connectivity index (χ0n) is 16.7. The van der Waals surface area contributed by atoms with Crippen LogP contribution in [0.3, 0.4) is 0 Å². The molecule has 160 valence electrons. The van der Waals surface area contributed by atoms with Gasteiger partial charge in [-0.15, -0.1) is 0 Å². The predicted octanol–water partition coefficient (Wildman–Crippen LogP) is 2.22. The first-order chi connectivity index (χ1) is 14.3. The fraction of sp³-hybridized carbons (Fsp3) is 0.333. The lowest BCUT2D eigenvalue weighted by Gasteiger charge is -2.31. The Morgan fingerprint density at radius 1 is 1.13 bits per heavy atom. The zero-order valence-corrected chi connectivity index (χ0v) is 17.5. The van der Waals surface area contributed by atoms with Crippen LogP contribution in [0.25, 0.3) is 0 Å². The minimum Gasteiger partial charge on any atom is -0.494 e. The van der Waals surface area contributed by atoms with Crippen molar-refractivity contribution in [1.29, 1.82) is 0 Å². The Kier molecular flexibility index (Phi) is 6.73. The number of anilines is 1. The third-order valence-corrected chi connectivity index (χ3v) is 6.84. The lowest BCUT2D eigenvalue weighted by atomic mass is 9.98. The summed E-state index contributed by atoms with van der Waals surface area (Å²) < 4.78 is 32.7. The van der Waals surface area contributed by atoms with Crippen LogP contribution in [0, 0.1) is 5.92 Å². The smallest absolute Gasteiger partial charge is 0.248 e. The maximum Gasteiger partial charge on any atom is 0.248 e. The molecule has 0 spiro atoms. The average Bonchev–Trinajstić information content (AvgIpc) is 2.75. The van der Waals surface area contributed by atoms with Crippen molar-refractivity contribution in [2.24, 2.45) is 11.7 Å². The molecule has 9 heteroatoms.